The zero-order valence-corrected chi connectivity index (χ0v) is 18.6. The van der Waals surface area contributed by atoms with E-state index in [-0.39, 0.29) is 24.3 Å². The summed E-state index contributed by atoms with van der Waals surface area (Å²) >= 11 is 3.41. The van der Waals surface area contributed by atoms with Crippen molar-refractivity contribution in [3.63, 3.8) is 0 Å². The quantitative estimate of drug-likeness (QED) is 0.724. The highest BCUT2D eigenvalue weighted by Gasteiger charge is 2.28. The number of rotatable bonds is 5. The van der Waals surface area contributed by atoms with Gasteiger partial charge in [-0.25, -0.2) is 4.98 Å². The molecule has 0 saturated carbocycles. The van der Waals surface area contributed by atoms with Gasteiger partial charge in [-0.2, -0.15) is 5.26 Å². The molecule has 0 unspecified atom stereocenters. The second kappa shape index (κ2) is 9.72. The smallest absolute Gasteiger partial charge is 0.243 e. The molecule has 1 saturated heterocycles. The van der Waals surface area contributed by atoms with Crippen LogP contribution in [0.25, 0.3) is 0 Å². The van der Waals surface area contributed by atoms with Crippen LogP contribution in [-0.4, -0.2) is 48.4 Å². The van der Waals surface area contributed by atoms with Crippen molar-refractivity contribution in [3.8, 4) is 6.07 Å². The van der Waals surface area contributed by atoms with Crippen molar-refractivity contribution in [2.24, 2.45) is 5.92 Å². The molecule has 0 spiro atoms. The van der Waals surface area contributed by atoms with Crippen molar-refractivity contribution < 1.29 is 9.59 Å². The van der Waals surface area contributed by atoms with E-state index in [1.54, 1.807) is 19.3 Å². The molecule has 1 aliphatic heterocycles. The van der Waals surface area contributed by atoms with Crippen molar-refractivity contribution in [2.75, 3.05) is 36.9 Å². The minimum atomic E-state index is -0.213. The lowest BCUT2D eigenvalue weighted by molar-refractivity contribution is -0.137. The van der Waals surface area contributed by atoms with Gasteiger partial charge in [-0.15, -0.1) is 0 Å². The minimum absolute atomic E-state index is 0.00915. The number of aromatic nitrogens is 1. The number of likely N-dealkylation sites (N-methyl/N-ethyl adjacent to an activating group) is 1. The van der Waals surface area contributed by atoms with Crippen molar-refractivity contribution in [3.05, 3.63) is 52.1 Å². The van der Waals surface area contributed by atoms with Crippen LogP contribution in [0.3, 0.4) is 0 Å². The molecule has 3 rings (SSSR count). The monoisotopic (exact) mass is 469 g/mol. The highest BCUT2D eigenvalue weighted by Crippen LogP contribution is 2.24. The van der Waals surface area contributed by atoms with E-state index in [1.165, 1.54) is 4.90 Å². The maximum absolute atomic E-state index is 12.8. The third-order valence-corrected chi connectivity index (χ3v) is 5.76. The molecule has 2 heterocycles. The molecule has 0 bridgehead atoms. The highest BCUT2D eigenvalue weighted by molar-refractivity contribution is 9.10. The number of hydrogen-bond donors (Lipinski definition) is 1. The minimum Gasteiger partial charge on any atom is -0.357 e. The number of anilines is 2. The van der Waals surface area contributed by atoms with E-state index in [1.807, 2.05) is 31.2 Å². The number of nitrogens with one attached hydrogen (secondary N) is 1. The zero-order valence-electron chi connectivity index (χ0n) is 17.1. The molecule has 8 heteroatoms. The Morgan fingerprint density at radius 2 is 2.03 bits per heavy atom. The molecule has 156 valence electrons. The van der Waals surface area contributed by atoms with Crippen LogP contribution >= 0.6 is 15.9 Å². The standard InChI is InChI=1S/C22H24BrN5O2/c1-15-11-18(23)4-5-19(15)26-21(29)14-27(2)22(30)17-7-9-28(10-8-17)20-6-3-16(12-24)13-25-20/h3-6,11,13,17H,7-10,14H2,1-2H3,(H,26,29). The lowest BCUT2D eigenvalue weighted by Crippen LogP contribution is -2.43. The van der Waals surface area contributed by atoms with E-state index < -0.39 is 0 Å². The number of carbonyl (C=O) groups excluding carboxylic acids is 2. The average molecular weight is 470 g/mol. The Kier molecular flexibility index (Phi) is 7.06. The molecule has 0 aliphatic carbocycles. The second-order valence-electron chi connectivity index (χ2n) is 7.48. The Morgan fingerprint density at radius 1 is 1.30 bits per heavy atom. The van der Waals surface area contributed by atoms with Crippen LogP contribution in [0.2, 0.25) is 0 Å². The Hall–Kier alpha value is -2.92. The molecule has 1 N–H and O–H groups in total. The van der Waals surface area contributed by atoms with Crippen LogP contribution < -0.4 is 10.2 Å². The number of piperidine rings is 1. The number of nitrogens with zero attached hydrogens (tertiary/aromatic N) is 4. The SMILES string of the molecule is Cc1cc(Br)ccc1NC(=O)CN(C)C(=O)C1CCN(c2ccc(C#N)cn2)CC1. The maximum Gasteiger partial charge on any atom is 0.243 e. The molecular weight excluding hydrogens is 446 g/mol. The molecule has 1 fully saturated rings. The maximum atomic E-state index is 12.8. The molecule has 1 aromatic heterocycles. The number of amides is 2. The number of benzene rings is 1. The van der Waals surface area contributed by atoms with Gasteiger partial charge < -0.3 is 15.1 Å². The summed E-state index contributed by atoms with van der Waals surface area (Å²) in [5.41, 5.74) is 2.23. The summed E-state index contributed by atoms with van der Waals surface area (Å²) < 4.78 is 0.952. The lowest BCUT2D eigenvalue weighted by Gasteiger charge is -2.33. The number of halogens is 1. The zero-order chi connectivity index (χ0) is 21.7. The number of aryl methyl sites for hydroxylation is 1. The predicted molar refractivity (Wildman–Crippen MR) is 119 cm³/mol. The summed E-state index contributed by atoms with van der Waals surface area (Å²) in [5.74, 6) is 0.491. The summed E-state index contributed by atoms with van der Waals surface area (Å²) in [5, 5.41) is 11.8. The first-order valence-corrected chi connectivity index (χ1v) is 10.6. The fourth-order valence-corrected chi connectivity index (χ4v) is 4.03. The Bertz CT molecular complexity index is 962. The summed E-state index contributed by atoms with van der Waals surface area (Å²) in [4.78, 5) is 33.1. The van der Waals surface area contributed by atoms with Gasteiger partial charge in [0.25, 0.3) is 0 Å². The van der Waals surface area contributed by atoms with Crippen LogP contribution in [0.15, 0.2) is 41.0 Å². The Morgan fingerprint density at radius 3 is 2.63 bits per heavy atom. The fourth-order valence-electron chi connectivity index (χ4n) is 3.56. The van der Waals surface area contributed by atoms with Gasteiger partial charge in [0.15, 0.2) is 0 Å². The van der Waals surface area contributed by atoms with Gasteiger partial charge in [0.2, 0.25) is 11.8 Å². The number of carbonyl (C=O) groups is 2. The fraction of sp³-hybridized carbons (Fsp3) is 0.364. The van der Waals surface area contributed by atoms with Gasteiger partial charge in [0.1, 0.15) is 11.9 Å². The van der Waals surface area contributed by atoms with E-state index in [0.717, 1.165) is 21.5 Å². The van der Waals surface area contributed by atoms with Gasteiger partial charge in [-0.05, 0) is 55.7 Å². The van der Waals surface area contributed by atoms with E-state index in [9.17, 15) is 9.59 Å². The summed E-state index contributed by atoms with van der Waals surface area (Å²) in [7, 11) is 1.67. The molecule has 0 atom stereocenters. The summed E-state index contributed by atoms with van der Waals surface area (Å²) in [6.07, 6.45) is 2.97. The molecule has 1 aromatic carbocycles. The van der Waals surface area contributed by atoms with Crippen LogP contribution in [0.1, 0.15) is 24.0 Å². The molecule has 0 radical (unpaired) electrons. The van der Waals surface area contributed by atoms with E-state index >= 15 is 0 Å². The van der Waals surface area contributed by atoms with Crippen molar-refractivity contribution in [1.82, 2.24) is 9.88 Å². The second-order valence-corrected chi connectivity index (χ2v) is 8.40. The van der Waals surface area contributed by atoms with Gasteiger partial charge >= 0.3 is 0 Å². The Labute approximate surface area is 184 Å². The van der Waals surface area contributed by atoms with Crippen molar-refractivity contribution >= 4 is 39.2 Å². The Balaban J connectivity index is 1.50. The normalized spacial score (nSPS) is 14.1. The van der Waals surface area contributed by atoms with Crippen LogP contribution in [0, 0.1) is 24.2 Å². The predicted octanol–water partition coefficient (Wildman–Crippen LogP) is 3.34. The number of hydrogen-bond acceptors (Lipinski definition) is 5. The largest absolute Gasteiger partial charge is 0.357 e. The third kappa shape index (κ3) is 5.36. The molecule has 30 heavy (non-hydrogen) atoms. The van der Waals surface area contributed by atoms with Crippen LogP contribution in [-0.2, 0) is 9.59 Å². The van der Waals surface area contributed by atoms with Gasteiger partial charge in [-0.1, -0.05) is 15.9 Å². The summed E-state index contributed by atoms with van der Waals surface area (Å²) in [6, 6.07) is 11.3. The molecule has 2 aromatic rings. The number of nitriles is 1. The van der Waals surface area contributed by atoms with E-state index in [2.05, 4.69) is 37.2 Å². The van der Waals surface area contributed by atoms with Gasteiger partial charge in [-0.3, -0.25) is 9.59 Å². The van der Waals surface area contributed by atoms with Crippen LogP contribution in [0.4, 0.5) is 11.5 Å². The topological polar surface area (TPSA) is 89.3 Å². The molecule has 1 aliphatic rings. The first-order valence-electron chi connectivity index (χ1n) is 9.79. The van der Waals surface area contributed by atoms with E-state index in [0.29, 0.717) is 31.5 Å². The molecule has 7 nitrogen and oxygen atoms in total. The third-order valence-electron chi connectivity index (χ3n) is 5.26. The number of pyridine rings is 1. The first-order chi connectivity index (χ1) is 14.4. The van der Waals surface area contributed by atoms with Crippen molar-refractivity contribution in [1.29, 1.82) is 5.26 Å². The lowest BCUT2D eigenvalue weighted by atomic mass is 9.95. The van der Waals surface area contributed by atoms with Crippen LogP contribution in [0.5, 0.6) is 0 Å². The van der Waals surface area contributed by atoms with Gasteiger partial charge in [0, 0.05) is 42.4 Å². The first kappa shape index (κ1) is 21.8. The highest BCUT2D eigenvalue weighted by atomic mass is 79.9. The van der Waals surface area contributed by atoms with Crippen molar-refractivity contribution in [2.45, 2.75) is 19.8 Å². The molecular formula is C22H24BrN5O2. The summed E-state index contributed by atoms with van der Waals surface area (Å²) in [6.45, 7) is 3.37. The molecule has 2 amide bonds. The van der Waals surface area contributed by atoms with E-state index in [4.69, 9.17) is 5.26 Å². The average Bonchev–Trinajstić information content (AvgIpc) is 2.75. The van der Waals surface area contributed by atoms with Gasteiger partial charge in [0.05, 0.1) is 12.1 Å².